The third-order valence-electron chi connectivity index (χ3n) is 7.45. The number of likely N-dealkylation sites (tertiary alicyclic amines) is 1. The number of esters is 1. The molecule has 0 amide bonds. The van der Waals surface area contributed by atoms with Crippen molar-refractivity contribution in [3.05, 3.63) is 89.5 Å². The van der Waals surface area contributed by atoms with Gasteiger partial charge in [-0.3, -0.25) is 4.79 Å². The first-order chi connectivity index (χ1) is 20.0. The summed E-state index contributed by atoms with van der Waals surface area (Å²) in [6.45, 7) is 4.29. The van der Waals surface area contributed by atoms with Crippen LogP contribution in [0.1, 0.15) is 36.5 Å². The Morgan fingerprint density at radius 1 is 0.854 bits per heavy atom. The highest BCUT2D eigenvalue weighted by atomic mass is 19.1. The van der Waals surface area contributed by atoms with Crippen molar-refractivity contribution in [2.45, 2.75) is 25.4 Å². The van der Waals surface area contributed by atoms with Crippen molar-refractivity contribution in [3.63, 3.8) is 0 Å². The van der Waals surface area contributed by atoms with E-state index in [-0.39, 0.29) is 18.5 Å². The van der Waals surface area contributed by atoms with Crippen LogP contribution in [0.2, 0.25) is 0 Å². The second kappa shape index (κ2) is 14.8. The number of carbonyl (C=O) groups is 1. The number of hydrogen-bond donors (Lipinski definition) is 0. The molecular weight excluding hydrogens is 525 g/mol. The monoisotopic (exact) mass is 565 g/mol. The van der Waals surface area contributed by atoms with Crippen LogP contribution in [0.15, 0.2) is 72.8 Å². The van der Waals surface area contributed by atoms with Crippen LogP contribution in [0, 0.1) is 5.92 Å². The van der Waals surface area contributed by atoms with Crippen molar-refractivity contribution in [3.8, 4) is 17.2 Å². The summed E-state index contributed by atoms with van der Waals surface area (Å²) in [5.41, 5.74) is 1.75. The van der Waals surface area contributed by atoms with Gasteiger partial charge >= 0.3 is 5.97 Å². The molecule has 0 aromatic heterocycles. The van der Waals surface area contributed by atoms with Crippen LogP contribution in [0.4, 0.5) is 4.39 Å². The molecule has 1 aliphatic rings. The standard InChI is InChI=1S/C33H40FNO6/c1-4-39-32(36)25-6-5-20-35(24-25)21-23-41-33(26-7-13-29(37-2)14-8-26,27-9-15-30(38-3)16-10-27)28-11-17-31(18-12-28)40-22-19-34/h7-18,25H,4-6,19-24H2,1-3H3. The van der Waals surface area contributed by atoms with Gasteiger partial charge in [-0.05, 0) is 79.4 Å². The number of ether oxygens (including phenoxy) is 5. The third kappa shape index (κ3) is 7.37. The minimum atomic E-state index is -0.979. The number of piperidine rings is 1. The molecule has 3 aromatic rings. The Kier molecular flexibility index (Phi) is 11.0. The summed E-state index contributed by atoms with van der Waals surface area (Å²) in [6, 6.07) is 23.3. The maximum atomic E-state index is 12.7. The topological polar surface area (TPSA) is 66.5 Å². The Balaban J connectivity index is 1.69. The molecule has 0 aliphatic carbocycles. The van der Waals surface area contributed by atoms with Gasteiger partial charge in [0.05, 0.1) is 33.4 Å². The lowest BCUT2D eigenvalue weighted by atomic mass is 9.80. The van der Waals surface area contributed by atoms with Gasteiger partial charge in [0.1, 0.15) is 36.1 Å². The van der Waals surface area contributed by atoms with Gasteiger partial charge in [-0.15, -0.1) is 0 Å². The summed E-state index contributed by atoms with van der Waals surface area (Å²) in [7, 11) is 3.28. The quantitative estimate of drug-likeness (QED) is 0.185. The van der Waals surface area contributed by atoms with Gasteiger partial charge in [0.25, 0.3) is 0 Å². The average Bonchev–Trinajstić information content (AvgIpc) is 3.03. The molecule has 1 heterocycles. The summed E-state index contributed by atoms with van der Waals surface area (Å²) in [5.74, 6) is 1.83. The molecule has 1 aliphatic heterocycles. The van der Waals surface area contributed by atoms with E-state index in [9.17, 15) is 9.18 Å². The van der Waals surface area contributed by atoms with Crippen molar-refractivity contribution in [2.75, 3.05) is 60.3 Å². The van der Waals surface area contributed by atoms with Gasteiger partial charge in [0.15, 0.2) is 0 Å². The highest BCUT2D eigenvalue weighted by molar-refractivity contribution is 5.72. The van der Waals surface area contributed by atoms with E-state index >= 15 is 0 Å². The van der Waals surface area contributed by atoms with Crippen LogP contribution in [0.25, 0.3) is 0 Å². The fourth-order valence-electron chi connectivity index (χ4n) is 5.38. The number of carbonyl (C=O) groups excluding carboxylic acids is 1. The molecule has 0 N–H and O–H groups in total. The van der Waals surface area contributed by atoms with Crippen molar-refractivity contribution < 1.29 is 32.9 Å². The van der Waals surface area contributed by atoms with Crippen molar-refractivity contribution in [1.29, 1.82) is 0 Å². The number of halogens is 1. The Bertz CT molecular complexity index is 1170. The van der Waals surface area contributed by atoms with Crippen molar-refractivity contribution >= 4 is 5.97 Å². The van der Waals surface area contributed by atoms with E-state index in [1.54, 1.807) is 14.2 Å². The molecule has 1 fully saturated rings. The fraction of sp³-hybridized carbons (Fsp3) is 0.424. The van der Waals surface area contributed by atoms with E-state index in [4.69, 9.17) is 23.7 Å². The van der Waals surface area contributed by atoms with E-state index in [0.29, 0.717) is 32.1 Å². The number of alkyl halides is 1. The van der Waals surface area contributed by atoms with E-state index in [0.717, 1.165) is 47.6 Å². The molecule has 4 rings (SSSR count). The molecule has 1 unspecified atom stereocenters. The largest absolute Gasteiger partial charge is 0.497 e. The minimum Gasteiger partial charge on any atom is -0.497 e. The first-order valence-electron chi connectivity index (χ1n) is 14.1. The maximum absolute atomic E-state index is 12.7. The molecule has 41 heavy (non-hydrogen) atoms. The second-order valence-electron chi connectivity index (χ2n) is 9.94. The lowest BCUT2D eigenvalue weighted by molar-refractivity contribution is -0.150. The molecule has 3 aromatic carbocycles. The SMILES string of the molecule is CCOC(=O)C1CCCN(CCOC(c2ccc(OC)cc2)(c2ccc(OC)cc2)c2ccc(OCCF)cc2)C1. The van der Waals surface area contributed by atoms with E-state index in [1.807, 2.05) is 79.7 Å². The summed E-state index contributed by atoms with van der Waals surface area (Å²) in [6.07, 6.45) is 1.78. The van der Waals surface area contributed by atoms with Crippen LogP contribution in [0.3, 0.4) is 0 Å². The van der Waals surface area contributed by atoms with Crippen LogP contribution in [-0.4, -0.2) is 71.2 Å². The Morgan fingerprint density at radius 2 is 1.39 bits per heavy atom. The Hall–Kier alpha value is -3.62. The highest BCUT2D eigenvalue weighted by Crippen LogP contribution is 2.42. The molecule has 0 spiro atoms. The predicted octanol–water partition coefficient (Wildman–Crippen LogP) is 5.64. The van der Waals surface area contributed by atoms with Gasteiger partial charge in [-0.2, -0.15) is 0 Å². The first-order valence-corrected chi connectivity index (χ1v) is 14.1. The molecule has 8 heteroatoms. The maximum Gasteiger partial charge on any atom is 0.310 e. The summed E-state index contributed by atoms with van der Waals surface area (Å²) in [4.78, 5) is 14.7. The molecule has 0 saturated carbocycles. The number of nitrogens with zero attached hydrogens (tertiary/aromatic N) is 1. The molecule has 0 bridgehead atoms. The zero-order chi connectivity index (χ0) is 29.1. The second-order valence-corrected chi connectivity index (χ2v) is 9.94. The van der Waals surface area contributed by atoms with E-state index in [1.165, 1.54) is 0 Å². The third-order valence-corrected chi connectivity index (χ3v) is 7.45. The molecule has 220 valence electrons. The lowest BCUT2D eigenvalue weighted by Crippen LogP contribution is -2.42. The van der Waals surface area contributed by atoms with Gasteiger partial charge in [0, 0.05) is 13.1 Å². The minimum absolute atomic E-state index is 0.000572. The van der Waals surface area contributed by atoms with Crippen LogP contribution in [-0.2, 0) is 19.9 Å². The fourth-order valence-corrected chi connectivity index (χ4v) is 5.38. The molecule has 1 saturated heterocycles. The first kappa shape index (κ1) is 30.3. The number of hydrogen-bond acceptors (Lipinski definition) is 7. The normalized spacial score (nSPS) is 15.8. The van der Waals surface area contributed by atoms with Crippen LogP contribution >= 0.6 is 0 Å². The van der Waals surface area contributed by atoms with Crippen molar-refractivity contribution in [2.24, 2.45) is 5.92 Å². The smallest absolute Gasteiger partial charge is 0.310 e. The number of rotatable bonds is 14. The lowest BCUT2D eigenvalue weighted by Gasteiger charge is -2.38. The number of benzene rings is 3. The Labute approximate surface area is 242 Å². The van der Waals surface area contributed by atoms with Gasteiger partial charge in [-0.1, -0.05) is 36.4 Å². The number of methoxy groups -OCH3 is 2. The molecule has 7 nitrogen and oxygen atoms in total. The Morgan fingerprint density at radius 3 is 1.88 bits per heavy atom. The zero-order valence-electron chi connectivity index (χ0n) is 24.1. The van der Waals surface area contributed by atoms with Gasteiger partial charge in [-0.25, -0.2) is 4.39 Å². The summed E-state index contributed by atoms with van der Waals surface area (Å²) >= 11 is 0. The molecule has 0 radical (unpaired) electrons. The summed E-state index contributed by atoms with van der Waals surface area (Å²) in [5, 5.41) is 0. The molecular formula is C33H40FNO6. The van der Waals surface area contributed by atoms with E-state index in [2.05, 4.69) is 4.90 Å². The van der Waals surface area contributed by atoms with Crippen LogP contribution in [0.5, 0.6) is 17.2 Å². The average molecular weight is 566 g/mol. The van der Waals surface area contributed by atoms with Gasteiger partial charge < -0.3 is 28.6 Å². The highest BCUT2D eigenvalue weighted by Gasteiger charge is 2.38. The summed E-state index contributed by atoms with van der Waals surface area (Å²) < 4.78 is 41.3. The van der Waals surface area contributed by atoms with Crippen molar-refractivity contribution in [1.82, 2.24) is 4.90 Å². The predicted molar refractivity (Wildman–Crippen MR) is 156 cm³/mol. The van der Waals surface area contributed by atoms with Gasteiger partial charge in [0.2, 0.25) is 0 Å². The zero-order valence-corrected chi connectivity index (χ0v) is 24.1. The van der Waals surface area contributed by atoms with E-state index < -0.39 is 12.3 Å². The van der Waals surface area contributed by atoms with Crippen LogP contribution < -0.4 is 14.2 Å². The molecule has 1 atom stereocenters.